The molecule has 0 aliphatic rings. The second-order valence-electron chi connectivity index (χ2n) is 7.37. The highest BCUT2D eigenvalue weighted by Crippen LogP contribution is 2.18. The van der Waals surface area contributed by atoms with Crippen LogP contribution >= 0.6 is 0 Å². The lowest BCUT2D eigenvalue weighted by Crippen LogP contribution is -2.33. The number of ether oxygens (including phenoxy) is 2. The van der Waals surface area contributed by atoms with Crippen LogP contribution in [0, 0.1) is 24.1 Å². The molecule has 0 unspecified atom stereocenters. The zero-order valence-corrected chi connectivity index (χ0v) is 18.7. The van der Waals surface area contributed by atoms with Crippen molar-refractivity contribution in [3.05, 3.63) is 98.7 Å². The molecule has 0 fully saturated rings. The summed E-state index contributed by atoms with van der Waals surface area (Å²) in [5.74, 6) is -0.321. The van der Waals surface area contributed by atoms with Gasteiger partial charge in [-0.1, -0.05) is 24.3 Å². The van der Waals surface area contributed by atoms with Gasteiger partial charge in [-0.3, -0.25) is 9.59 Å². The van der Waals surface area contributed by atoms with Crippen LogP contribution in [0.15, 0.2) is 64.5 Å². The van der Waals surface area contributed by atoms with Crippen molar-refractivity contribution in [1.29, 1.82) is 5.26 Å². The average Bonchev–Trinajstić information content (AvgIpc) is 2.82. The number of carbonyl (C=O) groups excluding carboxylic acids is 1. The van der Waals surface area contributed by atoms with E-state index >= 15 is 0 Å². The van der Waals surface area contributed by atoms with Gasteiger partial charge in [-0.2, -0.15) is 10.4 Å². The fraction of sp³-hybridized carbons (Fsp3) is 0.200. The van der Waals surface area contributed by atoms with Crippen LogP contribution in [-0.4, -0.2) is 23.8 Å². The number of nitrogens with one attached hydrogen (secondary N) is 1. The number of nitrogens with zero attached hydrogens (tertiary/aromatic N) is 3. The van der Waals surface area contributed by atoms with E-state index in [4.69, 9.17) is 9.47 Å². The molecular formula is C25H23FN4O4. The fourth-order valence-electron chi connectivity index (χ4n) is 3.23. The number of para-hydroxylation sites is 1. The minimum absolute atomic E-state index is 0.0593. The van der Waals surface area contributed by atoms with Crippen molar-refractivity contribution in [3.8, 4) is 11.8 Å². The highest BCUT2D eigenvalue weighted by atomic mass is 19.1. The first-order chi connectivity index (χ1) is 16.4. The molecule has 1 aromatic heterocycles. The number of hydrogen-bond donors (Lipinski definition) is 1. The summed E-state index contributed by atoms with van der Waals surface area (Å²) < 4.78 is 25.1. The predicted molar refractivity (Wildman–Crippen MR) is 124 cm³/mol. The fourth-order valence-corrected chi connectivity index (χ4v) is 3.23. The molecule has 1 amide bonds. The molecule has 2 aromatic carbocycles. The summed E-state index contributed by atoms with van der Waals surface area (Å²) in [6, 6.07) is 16.6. The second-order valence-corrected chi connectivity index (χ2v) is 7.37. The molecule has 1 heterocycles. The lowest BCUT2D eigenvalue weighted by molar-refractivity contribution is -0.121. The van der Waals surface area contributed by atoms with Gasteiger partial charge in [-0.05, 0) is 42.8 Å². The van der Waals surface area contributed by atoms with Gasteiger partial charge in [-0.15, -0.1) is 0 Å². The number of nitriles is 1. The Kier molecular flexibility index (Phi) is 8.26. The van der Waals surface area contributed by atoms with Gasteiger partial charge in [0.25, 0.3) is 11.5 Å². The molecule has 8 nitrogen and oxygen atoms in total. The zero-order chi connectivity index (χ0) is 24.5. The Bertz CT molecular complexity index is 1290. The van der Waals surface area contributed by atoms with Gasteiger partial charge in [0.2, 0.25) is 0 Å². The monoisotopic (exact) mass is 462 g/mol. The zero-order valence-electron chi connectivity index (χ0n) is 18.7. The highest BCUT2D eigenvalue weighted by molar-refractivity contribution is 5.85. The Hall–Kier alpha value is -4.29. The highest BCUT2D eigenvalue weighted by Gasteiger charge is 2.14. The molecule has 0 saturated carbocycles. The van der Waals surface area contributed by atoms with Crippen LogP contribution in [0.25, 0.3) is 0 Å². The molecular weight excluding hydrogens is 439 g/mol. The van der Waals surface area contributed by atoms with Gasteiger partial charge < -0.3 is 14.0 Å². The molecule has 0 aliphatic heterocycles. The smallest absolute Gasteiger partial charge is 0.269 e. The number of aryl methyl sites for hydroxylation is 1. The van der Waals surface area contributed by atoms with E-state index in [9.17, 15) is 19.2 Å². The van der Waals surface area contributed by atoms with E-state index in [0.717, 1.165) is 5.56 Å². The Balaban J connectivity index is 1.66. The first-order valence-corrected chi connectivity index (χ1v) is 10.3. The maximum atomic E-state index is 13.1. The standard InChI is InChI=1S/C25H23FN4O4/c1-17-11-20(16-33-2)22(12-27)25(32)30(17)14-24(31)29-28-13-19-5-3-4-6-23(19)34-15-18-7-9-21(26)10-8-18/h3-11,13H,14-16H2,1-2H3,(H,29,31)/b28-13-. The Morgan fingerprint density at radius 1 is 1.21 bits per heavy atom. The Morgan fingerprint density at radius 2 is 1.94 bits per heavy atom. The van der Waals surface area contributed by atoms with Gasteiger partial charge in [0.1, 0.15) is 36.4 Å². The molecule has 1 N–H and O–H groups in total. The van der Waals surface area contributed by atoms with Crippen LogP contribution in [0.5, 0.6) is 5.75 Å². The predicted octanol–water partition coefficient (Wildman–Crippen LogP) is 3.04. The minimum atomic E-state index is -0.562. The quantitative estimate of drug-likeness (QED) is 0.389. The van der Waals surface area contributed by atoms with Gasteiger partial charge in [0.05, 0.1) is 12.8 Å². The molecule has 0 saturated heterocycles. The number of hydrogen-bond acceptors (Lipinski definition) is 6. The Labute approximate surface area is 195 Å². The summed E-state index contributed by atoms with van der Waals surface area (Å²) in [7, 11) is 1.47. The minimum Gasteiger partial charge on any atom is -0.488 e. The van der Waals surface area contributed by atoms with Crippen molar-refractivity contribution in [2.75, 3.05) is 7.11 Å². The largest absolute Gasteiger partial charge is 0.488 e. The SMILES string of the molecule is COCc1cc(C)n(CC(=O)N/N=C\c2ccccc2OCc2ccc(F)cc2)c(=O)c1C#N. The number of halogens is 1. The Morgan fingerprint density at radius 3 is 2.65 bits per heavy atom. The topological polar surface area (TPSA) is 106 Å². The number of carbonyl (C=O) groups is 1. The first kappa shape index (κ1) is 24.4. The molecule has 3 aromatic rings. The molecule has 0 atom stereocenters. The van der Waals surface area contributed by atoms with Crippen LogP contribution in [0.1, 0.15) is 27.9 Å². The first-order valence-electron chi connectivity index (χ1n) is 10.3. The van der Waals surface area contributed by atoms with Crippen molar-refractivity contribution < 1.29 is 18.7 Å². The molecule has 3 rings (SSSR count). The number of rotatable bonds is 9. The van der Waals surface area contributed by atoms with Crippen LogP contribution in [0.4, 0.5) is 4.39 Å². The molecule has 0 spiro atoms. The van der Waals surface area contributed by atoms with Crippen molar-refractivity contribution in [3.63, 3.8) is 0 Å². The third kappa shape index (κ3) is 6.15. The molecule has 34 heavy (non-hydrogen) atoms. The summed E-state index contributed by atoms with van der Waals surface area (Å²) in [6.07, 6.45) is 1.43. The van der Waals surface area contributed by atoms with E-state index in [1.807, 2.05) is 6.07 Å². The molecule has 174 valence electrons. The number of benzene rings is 2. The lowest BCUT2D eigenvalue weighted by atomic mass is 10.1. The molecule has 0 radical (unpaired) electrons. The molecule has 0 aliphatic carbocycles. The van der Waals surface area contributed by atoms with Gasteiger partial charge in [-0.25, -0.2) is 9.82 Å². The van der Waals surface area contributed by atoms with Crippen LogP contribution < -0.4 is 15.7 Å². The van der Waals surface area contributed by atoms with Gasteiger partial charge in [0, 0.05) is 23.9 Å². The number of pyridine rings is 1. The van der Waals surface area contributed by atoms with Gasteiger partial charge in [0.15, 0.2) is 0 Å². The molecule has 0 bridgehead atoms. The lowest BCUT2D eigenvalue weighted by Gasteiger charge is -2.12. The van der Waals surface area contributed by atoms with E-state index in [2.05, 4.69) is 10.5 Å². The number of hydrazone groups is 1. The van der Waals surface area contributed by atoms with Crippen LogP contribution in [-0.2, 0) is 29.3 Å². The van der Waals surface area contributed by atoms with E-state index in [1.165, 1.54) is 30.0 Å². The van der Waals surface area contributed by atoms with E-state index < -0.39 is 11.5 Å². The van der Waals surface area contributed by atoms with Crippen molar-refractivity contribution in [2.24, 2.45) is 5.10 Å². The average molecular weight is 462 g/mol. The van der Waals surface area contributed by atoms with Crippen molar-refractivity contribution in [1.82, 2.24) is 9.99 Å². The van der Waals surface area contributed by atoms with Crippen molar-refractivity contribution >= 4 is 12.1 Å². The normalized spacial score (nSPS) is 10.8. The third-order valence-corrected chi connectivity index (χ3v) is 4.92. The van der Waals surface area contributed by atoms with Crippen molar-refractivity contribution in [2.45, 2.75) is 26.7 Å². The number of aromatic nitrogens is 1. The maximum absolute atomic E-state index is 13.1. The third-order valence-electron chi connectivity index (χ3n) is 4.92. The van der Waals surface area contributed by atoms with Gasteiger partial charge >= 0.3 is 0 Å². The molecule has 9 heteroatoms. The summed E-state index contributed by atoms with van der Waals surface area (Å²) in [6.45, 7) is 1.73. The number of methoxy groups -OCH3 is 1. The summed E-state index contributed by atoms with van der Waals surface area (Å²) in [4.78, 5) is 25.0. The second kappa shape index (κ2) is 11.5. The summed E-state index contributed by atoms with van der Waals surface area (Å²) in [5, 5.41) is 13.3. The van der Waals surface area contributed by atoms with E-state index in [0.29, 0.717) is 22.6 Å². The number of amides is 1. The van der Waals surface area contributed by atoms with Crippen LogP contribution in [0.2, 0.25) is 0 Å². The van der Waals surface area contributed by atoms with E-state index in [1.54, 1.807) is 49.4 Å². The van der Waals surface area contributed by atoms with E-state index in [-0.39, 0.29) is 31.1 Å². The summed E-state index contributed by atoms with van der Waals surface area (Å²) in [5.41, 5.74) is 4.18. The van der Waals surface area contributed by atoms with Crippen LogP contribution in [0.3, 0.4) is 0 Å². The maximum Gasteiger partial charge on any atom is 0.269 e. The summed E-state index contributed by atoms with van der Waals surface area (Å²) >= 11 is 0.